The molecule has 0 bridgehead atoms. The molecule has 9 heteroatoms. The summed E-state index contributed by atoms with van der Waals surface area (Å²) >= 11 is 0. The number of benzene rings is 2. The number of anilines is 1. The van der Waals surface area contributed by atoms with Crippen LogP contribution in [0.4, 0.5) is 14.5 Å². The number of halogens is 2. The largest absolute Gasteiger partial charge is 0.493 e. The van der Waals surface area contributed by atoms with E-state index in [1.807, 2.05) is 12.1 Å². The number of nitrogens with zero attached hydrogens (tertiary/aromatic N) is 3. The molecule has 3 heterocycles. The lowest BCUT2D eigenvalue weighted by molar-refractivity contribution is 0.251. The van der Waals surface area contributed by atoms with Gasteiger partial charge in [-0.15, -0.1) is 0 Å². The molecule has 3 aromatic rings. The van der Waals surface area contributed by atoms with Gasteiger partial charge in [-0.05, 0) is 35.7 Å². The summed E-state index contributed by atoms with van der Waals surface area (Å²) in [4.78, 5) is 15.1. The van der Waals surface area contributed by atoms with Gasteiger partial charge < -0.3 is 19.1 Å². The average molecular weight is 441 g/mol. The van der Waals surface area contributed by atoms with Crippen molar-refractivity contribution in [1.29, 1.82) is 0 Å². The van der Waals surface area contributed by atoms with Gasteiger partial charge in [0, 0.05) is 18.2 Å². The van der Waals surface area contributed by atoms with Gasteiger partial charge in [-0.25, -0.2) is 13.5 Å². The van der Waals surface area contributed by atoms with E-state index in [2.05, 4.69) is 10.00 Å². The highest BCUT2D eigenvalue weighted by Gasteiger charge is 2.36. The summed E-state index contributed by atoms with van der Waals surface area (Å²) in [7, 11) is 3.20. The Balaban J connectivity index is 1.49. The lowest BCUT2D eigenvalue weighted by atomic mass is 9.91. The summed E-state index contributed by atoms with van der Waals surface area (Å²) in [5.74, 6) is 0.0892. The molecule has 1 aromatic heterocycles. The molecule has 2 aromatic carbocycles. The Bertz CT molecular complexity index is 1260. The molecule has 0 unspecified atom stereocenters. The van der Waals surface area contributed by atoms with Crippen molar-refractivity contribution in [3.05, 3.63) is 75.2 Å². The summed E-state index contributed by atoms with van der Waals surface area (Å²) in [6, 6.07) is 7.07. The molecule has 2 aliphatic rings. The third-order valence-corrected chi connectivity index (χ3v) is 6.01. The SMILES string of the molecule is COc1cc2c(cc1OC)[C@H]1COc3c(cnn(Cc4ccc(F)cc4F)c3=O)N1CC2. The summed E-state index contributed by atoms with van der Waals surface area (Å²) in [5, 5.41) is 4.24. The van der Waals surface area contributed by atoms with Crippen molar-refractivity contribution in [2.24, 2.45) is 0 Å². The molecule has 32 heavy (non-hydrogen) atoms. The Labute approximate surface area is 182 Å². The molecule has 0 saturated carbocycles. The van der Waals surface area contributed by atoms with E-state index in [9.17, 15) is 13.6 Å². The zero-order valence-electron chi connectivity index (χ0n) is 17.6. The maximum Gasteiger partial charge on any atom is 0.311 e. The molecule has 0 fully saturated rings. The monoisotopic (exact) mass is 441 g/mol. The van der Waals surface area contributed by atoms with Gasteiger partial charge in [0.25, 0.3) is 0 Å². The molecular formula is C23H21F2N3O4. The molecule has 0 aliphatic carbocycles. The van der Waals surface area contributed by atoms with Crippen molar-refractivity contribution in [3.8, 4) is 17.2 Å². The molecule has 0 radical (unpaired) electrons. The van der Waals surface area contributed by atoms with Crippen LogP contribution in [0.25, 0.3) is 0 Å². The fourth-order valence-electron chi connectivity index (χ4n) is 4.38. The smallest absolute Gasteiger partial charge is 0.311 e. The van der Waals surface area contributed by atoms with Gasteiger partial charge in [-0.1, -0.05) is 6.07 Å². The second-order valence-corrected chi connectivity index (χ2v) is 7.73. The van der Waals surface area contributed by atoms with Gasteiger partial charge in [0.05, 0.1) is 33.0 Å². The van der Waals surface area contributed by atoms with Crippen LogP contribution in [0.15, 0.2) is 41.3 Å². The highest BCUT2D eigenvalue weighted by atomic mass is 19.1. The van der Waals surface area contributed by atoms with E-state index in [0.717, 1.165) is 34.4 Å². The van der Waals surface area contributed by atoms with E-state index >= 15 is 0 Å². The van der Waals surface area contributed by atoms with Crippen molar-refractivity contribution in [1.82, 2.24) is 9.78 Å². The molecule has 0 amide bonds. The number of hydrogen-bond donors (Lipinski definition) is 0. The third kappa shape index (κ3) is 3.24. The number of hydrogen-bond acceptors (Lipinski definition) is 6. The predicted octanol–water partition coefficient (Wildman–Crippen LogP) is 3.08. The quantitative estimate of drug-likeness (QED) is 0.620. The topological polar surface area (TPSA) is 65.8 Å². The van der Waals surface area contributed by atoms with Crippen LogP contribution in [0.2, 0.25) is 0 Å². The average Bonchev–Trinajstić information content (AvgIpc) is 2.80. The van der Waals surface area contributed by atoms with Crippen molar-refractivity contribution >= 4 is 5.69 Å². The number of fused-ring (bicyclic) bond motifs is 5. The molecule has 0 spiro atoms. The molecule has 1 atom stereocenters. The van der Waals surface area contributed by atoms with Crippen LogP contribution < -0.4 is 24.7 Å². The van der Waals surface area contributed by atoms with E-state index in [1.165, 1.54) is 6.07 Å². The zero-order chi connectivity index (χ0) is 22.4. The minimum Gasteiger partial charge on any atom is -0.493 e. The van der Waals surface area contributed by atoms with E-state index in [4.69, 9.17) is 14.2 Å². The number of aromatic nitrogens is 2. The minimum atomic E-state index is -0.727. The first kappa shape index (κ1) is 20.3. The van der Waals surface area contributed by atoms with Crippen molar-refractivity contribution < 1.29 is 23.0 Å². The first-order valence-electron chi connectivity index (χ1n) is 10.2. The van der Waals surface area contributed by atoms with Gasteiger partial charge in [0.1, 0.15) is 23.9 Å². The zero-order valence-corrected chi connectivity index (χ0v) is 17.6. The van der Waals surface area contributed by atoms with Gasteiger partial charge in [0.2, 0.25) is 5.75 Å². The summed E-state index contributed by atoms with van der Waals surface area (Å²) < 4.78 is 45.1. The fourth-order valence-corrected chi connectivity index (χ4v) is 4.38. The molecule has 5 rings (SSSR count). The highest BCUT2D eigenvalue weighted by molar-refractivity contribution is 5.62. The Kier molecular flexibility index (Phi) is 4.96. The maximum atomic E-state index is 14.0. The van der Waals surface area contributed by atoms with Crippen LogP contribution in [0, 0.1) is 11.6 Å². The Morgan fingerprint density at radius 3 is 2.69 bits per heavy atom. The fraction of sp³-hybridized carbons (Fsp3) is 0.304. The molecule has 0 saturated heterocycles. The molecule has 0 N–H and O–H groups in total. The molecule has 2 aliphatic heterocycles. The van der Waals surface area contributed by atoms with Gasteiger partial charge >= 0.3 is 5.56 Å². The second-order valence-electron chi connectivity index (χ2n) is 7.73. The summed E-state index contributed by atoms with van der Waals surface area (Å²) in [6.45, 7) is 0.839. The molecule has 166 valence electrons. The second kappa shape index (κ2) is 7.81. The summed E-state index contributed by atoms with van der Waals surface area (Å²) in [6.07, 6.45) is 2.32. The van der Waals surface area contributed by atoms with Crippen LogP contribution in [0.1, 0.15) is 22.7 Å². The Morgan fingerprint density at radius 2 is 1.94 bits per heavy atom. The lowest BCUT2D eigenvalue weighted by Gasteiger charge is -2.42. The minimum absolute atomic E-state index is 0.0994. The highest BCUT2D eigenvalue weighted by Crippen LogP contribution is 2.43. The van der Waals surface area contributed by atoms with Crippen molar-refractivity contribution in [3.63, 3.8) is 0 Å². The number of methoxy groups -OCH3 is 2. The number of rotatable bonds is 4. The predicted molar refractivity (Wildman–Crippen MR) is 113 cm³/mol. The third-order valence-electron chi connectivity index (χ3n) is 6.01. The van der Waals surface area contributed by atoms with E-state index in [-0.39, 0.29) is 30.5 Å². The van der Waals surface area contributed by atoms with Gasteiger partial charge in [0.15, 0.2) is 11.5 Å². The molecular weight excluding hydrogens is 420 g/mol. The summed E-state index contributed by atoms with van der Waals surface area (Å²) in [5.41, 5.74) is 2.51. The maximum absolute atomic E-state index is 14.0. The van der Waals surface area contributed by atoms with Crippen LogP contribution in [0.5, 0.6) is 17.2 Å². The van der Waals surface area contributed by atoms with Crippen LogP contribution in [-0.4, -0.2) is 37.2 Å². The first-order valence-corrected chi connectivity index (χ1v) is 10.2. The van der Waals surface area contributed by atoms with Crippen LogP contribution >= 0.6 is 0 Å². The Morgan fingerprint density at radius 1 is 1.16 bits per heavy atom. The Hall–Kier alpha value is -3.62. The van der Waals surface area contributed by atoms with E-state index in [0.29, 0.717) is 23.7 Å². The van der Waals surface area contributed by atoms with E-state index in [1.54, 1.807) is 20.4 Å². The first-order chi connectivity index (χ1) is 15.5. The standard InChI is InChI=1S/C23H21F2N3O4/c1-30-20-7-13-5-6-27-18-10-26-28(11-14-3-4-15(24)8-17(14)25)23(29)22(18)32-12-19(27)16(13)9-21(20)31-2/h3-4,7-10,19H,5-6,11-12H2,1-2H3/t19-/m1/s1. The van der Waals surface area contributed by atoms with Crippen LogP contribution in [-0.2, 0) is 13.0 Å². The van der Waals surface area contributed by atoms with Crippen LogP contribution in [0.3, 0.4) is 0 Å². The van der Waals surface area contributed by atoms with E-state index < -0.39 is 17.2 Å². The number of ether oxygens (including phenoxy) is 3. The normalized spacial score (nSPS) is 16.5. The van der Waals surface area contributed by atoms with Crippen molar-refractivity contribution in [2.45, 2.75) is 19.0 Å². The van der Waals surface area contributed by atoms with Gasteiger partial charge in [-0.2, -0.15) is 5.10 Å². The van der Waals surface area contributed by atoms with Gasteiger partial charge in [-0.3, -0.25) is 4.79 Å². The van der Waals surface area contributed by atoms with Crippen molar-refractivity contribution in [2.75, 3.05) is 32.3 Å². The molecule has 7 nitrogen and oxygen atoms in total. The lowest BCUT2D eigenvalue weighted by Crippen LogP contribution is -2.44.